The van der Waals surface area contributed by atoms with Crippen molar-refractivity contribution in [3.8, 4) is 17.4 Å². The fourth-order valence-electron chi connectivity index (χ4n) is 1.80. The van der Waals surface area contributed by atoms with Crippen molar-refractivity contribution in [1.82, 2.24) is 10.2 Å². The van der Waals surface area contributed by atoms with E-state index in [2.05, 4.69) is 10.2 Å². The van der Waals surface area contributed by atoms with Crippen molar-refractivity contribution in [2.75, 3.05) is 7.11 Å². The normalized spacial score (nSPS) is 11.0. The molecule has 0 atom stereocenters. The third-order valence-corrected chi connectivity index (χ3v) is 2.71. The average molecular weight is 244 g/mol. The second-order valence-corrected chi connectivity index (χ2v) is 3.84. The van der Waals surface area contributed by atoms with E-state index in [4.69, 9.17) is 13.6 Å². The summed E-state index contributed by atoms with van der Waals surface area (Å²) >= 11 is 0. The van der Waals surface area contributed by atoms with Crippen LogP contribution in [0.15, 0.2) is 33.1 Å². The molecule has 5 heteroatoms. The van der Waals surface area contributed by atoms with Gasteiger partial charge in [0.15, 0.2) is 17.1 Å². The maximum atomic E-state index is 5.71. The number of furan rings is 1. The Kier molecular flexibility index (Phi) is 2.51. The monoisotopic (exact) mass is 244 g/mol. The van der Waals surface area contributed by atoms with Gasteiger partial charge in [0.1, 0.15) is 0 Å². The molecule has 92 valence electrons. The van der Waals surface area contributed by atoms with E-state index in [9.17, 15) is 0 Å². The van der Waals surface area contributed by atoms with Crippen LogP contribution in [0.3, 0.4) is 0 Å². The summed E-state index contributed by atoms with van der Waals surface area (Å²) in [5.41, 5.74) is 0.686. The van der Waals surface area contributed by atoms with Crippen LogP contribution in [0.25, 0.3) is 22.6 Å². The van der Waals surface area contributed by atoms with E-state index >= 15 is 0 Å². The lowest BCUT2D eigenvalue weighted by Crippen LogP contribution is -1.81. The Balaban J connectivity index is 2.13. The summed E-state index contributed by atoms with van der Waals surface area (Å²) in [6.07, 6.45) is 0.705. The highest BCUT2D eigenvalue weighted by Crippen LogP contribution is 2.32. The van der Waals surface area contributed by atoms with Gasteiger partial charge in [0.2, 0.25) is 5.89 Å². The van der Waals surface area contributed by atoms with E-state index in [1.165, 1.54) is 0 Å². The highest BCUT2D eigenvalue weighted by atomic mass is 16.5. The minimum absolute atomic E-state index is 0.394. The van der Waals surface area contributed by atoms with Crippen LogP contribution in [0.1, 0.15) is 12.8 Å². The van der Waals surface area contributed by atoms with Gasteiger partial charge in [-0.15, -0.1) is 10.2 Å². The van der Waals surface area contributed by atoms with Crippen LogP contribution in [-0.4, -0.2) is 17.3 Å². The maximum Gasteiger partial charge on any atom is 0.283 e. The minimum atomic E-state index is 0.394. The van der Waals surface area contributed by atoms with E-state index in [0.29, 0.717) is 35.3 Å². The highest BCUT2D eigenvalue weighted by molar-refractivity contribution is 5.86. The molecule has 0 spiro atoms. The molecule has 3 aromatic rings. The molecular formula is C13H12N2O3. The first-order chi connectivity index (χ1) is 8.81. The minimum Gasteiger partial charge on any atom is -0.493 e. The highest BCUT2D eigenvalue weighted by Gasteiger charge is 2.14. The fourth-order valence-corrected chi connectivity index (χ4v) is 1.80. The summed E-state index contributed by atoms with van der Waals surface area (Å²) in [5, 5.41) is 8.82. The fraction of sp³-hybridized carbons (Fsp3) is 0.231. The van der Waals surface area contributed by atoms with Gasteiger partial charge < -0.3 is 13.6 Å². The molecule has 0 aliphatic carbocycles. The zero-order valence-corrected chi connectivity index (χ0v) is 10.1. The third-order valence-electron chi connectivity index (χ3n) is 2.71. The Labute approximate surface area is 103 Å². The summed E-state index contributed by atoms with van der Waals surface area (Å²) < 4.78 is 16.4. The molecule has 5 nitrogen and oxygen atoms in total. The SMILES string of the molecule is CCc1nnc(-c2cc3cccc(OC)c3o2)o1. The lowest BCUT2D eigenvalue weighted by atomic mass is 10.2. The van der Waals surface area contributed by atoms with Crippen molar-refractivity contribution in [1.29, 1.82) is 0 Å². The molecule has 0 saturated carbocycles. The van der Waals surface area contributed by atoms with Crippen LogP contribution < -0.4 is 4.74 Å². The topological polar surface area (TPSA) is 61.3 Å². The van der Waals surface area contributed by atoms with Crippen LogP contribution in [0.4, 0.5) is 0 Å². The lowest BCUT2D eigenvalue weighted by Gasteiger charge is -1.98. The van der Waals surface area contributed by atoms with Crippen molar-refractivity contribution in [3.63, 3.8) is 0 Å². The van der Waals surface area contributed by atoms with E-state index in [-0.39, 0.29) is 0 Å². The number of fused-ring (bicyclic) bond motifs is 1. The molecule has 0 aliphatic rings. The molecule has 18 heavy (non-hydrogen) atoms. The smallest absolute Gasteiger partial charge is 0.283 e. The third kappa shape index (κ3) is 1.64. The van der Waals surface area contributed by atoms with Crippen molar-refractivity contribution >= 4 is 11.0 Å². The average Bonchev–Trinajstić information content (AvgIpc) is 3.03. The number of benzene rings is 1. The number of aryl methyl sites for hydroxylation is 1. The molecule has 0 N–H and O–H groups in total. The predicted molar refractivity (Wildman–Crippen MR) is 65.4 cm³/mol. The zero-order chi connectivity index (χ0) is 12.5. The van der Waals surface area contributed by atoms with Gasteiger partial charge in [0.25, 0.3) is 5.89 Å². The number of methoxy groups -OCH3 is 1. The van der Waals surface area contributed by atoms with E-state index in [1.54, 1.807) is 7.11 Å². The van der Waals surface area contributed by atoms with Crippen LogP contribution in [-0.2, 0) is 6.42 Å². The summed E-state index contributed by atoms with van der Waals surface area (Å²) in [7, 11) is 1.61. The van der Waals surface area contributed by atoms with E-state index in [0.717, 1.165) is 5.39 Å². The quantitative estimate of drug-likeness (QED) is 0.708. The molecule has 3 rings (SSSR count). The van der Waals surface area contributed by atoms with Crippen molar-refractivity contribution < 1.29 is 13.6 Å². The number of ether oxygens (including phenoxy) is 1. The van der Waals surface area contributed by atoms with E-state index in [1.807, 2.05) is 31.2 Å². The predicted octanol–water partition coefficient (Wildman–Crippen LogP) is 3.05. The lowest BCUT2D eigenvalue weighted by molar-refractivity contribution is 0.409. The van der Waals surface area contributed by atoms with Gasteiger partial charge in [-0.1, -0.05) is 19.1 Å². The van der Waals surface area contributed by atoms with Gasteiger partial charge in [-0.3, -0.25) is 0 Å². The number of hydrogen-bond donors (Lipinski definition) is 0. The maximum absolute atomic E-state index is 5.71. The second-order valence-electron chi connectivity index (χ2n) is 3.84. The molecule has 0 aliphatic heterocycles. The Morgan fingerprint density at radius 3 is 2.83 bits per heavy atom. The molecule has 0 saturated heterocycles. The molecule has 2 heterocycles. The van der Waals surface area contributed by atoms with Crippen LogP contribution in [0.5, 0.6) is 5.75 Å². The number of hydrogen-bond acceptors (Lipinski definition) is 5. The zero-order valence-electron chi connectivity index (χ0n) is 10.1. The molecule has 0 bridgehead atoms. The van der Waals surface area contributed by atoms with Crippen molar-refractivity contribution in [2.24, 2.45) is 0 Å². The largest absolute Gasteiger partial charge is 0.493 e. The standard InChI is InChI=1S/C13H12N2O3/c1-3-11-14-15-13(18-11)10-7-8-5-4-6-9(16-2)12(8)17-10/h4-7H,3H2,1-2H3. The number of rotatable bonds is 3. The van der Waals surface area contributed by atoms with Gasteiger partial charge in [0.05, 0.1) is 7.11 Å². The first kappa shape index (κ1) is 10.8. The Bertz CT molecular complexity index is 684. The molecule has 0 radical (unpaired) electrons. The molecular weight excluding hydrogens is 232 g/mol. The molecule has 1 aromatic carbocycles. The summed E-state index contributed by atoms with van der Waals surface area (Å²) in [4.78, 5) is 0. The van der Waals surface area contributed by atoms with E-state index < -0.39 is 0 Å². The van der Waals surface area contributed by atoms with Gasteiger partial charge in [-0.2, -0.15) is 0 Å². The van der Waals surface area contributed by atoms with Gasteiger partial charge in [-0.25, -0.2) is 0 Å². The molecule has 0 unspecified atom stereocenters. The van der Waals surface area contributed by atoms with Crippen LogP contribution in [0, 0.1) is 0 Å². The Morgan fingerprint density at radius 2 is 2.11 bits per heavy atom. The first-order valence-corrected chi connectivity index (χ1v) is 5.71. The second kappa shape index (κ2) is 4.18. The molecule has 0 amide bonds. The first-order valence-electron chi connectivity index (χ1n) is 5.71. The van der Waals surface area contributed by atoms with Gasteiger partial charge in [-0.05, 0) is 12.1 Å². The summed E-state index contributed by atoms with van der Waals surface area (Å²) in [5.74, 6) is 2.23. The van der Waals surface area contributed by atoms with Crippen LogP contribution >= 0.6 is 0 Å². The summed E-state index contributed by atoms with van der Waals surface area (Å²) in [6, 6.07) is 7.57. The Hall–Kier alpha value is -2.30. The van der Waals surface area contributed by atoms with Gasteiger partial charge in [0, 0.05) is 11.8 Å². The van der Waals surface area contributed by atoms with Gasteiger partial charge >= 0.3 is 0 Å². The number of aromatic nitrogens is 2. The number of nitrogens with zero attached hydrogens (tertiary/aromatic N) is 2. The van der Waals surface area contributed by atoms with Crippen molar-refractivity contribution in [2.45, 2.75) is 13.3 Å². The van der Waals surface area contributed by atoms with Crippen LogP contribution in [0.2, 0.25) is 0 Å². The number of para-hydroxylation sites is 1. The summed E-state index contributed by atoms with van der Waals surface area (Å²) in [6.45, 7) is 1.96. The molecule has 0 fully saturated rings. The van der Waals surface area contributed by atoms with Crippen molar-refractivity contribution in [3.05, 3.63) is 30.2 Å². The Morgan fingerprint density at radius 1 is 1.22 bits per heavy atom. The molecule has 2 aromatic heterocycles.